The molecule has 0 spiro atoms. The van der Waals surface area contributed by atoms with Crippen LogP contribution in [0.25, 0.3) is 0 Å². The predicted octanol–water partition coefficient (Wildman–Crippen LogP) is 3.92. The van der Waals surface area contributed by atoms with E-state index in [2.05, 4.69) is 16.5 Å². The van der Waals surface area contributed by atoms with E-state index in [-0.39, 0.29) is 11.8 Å². The van der Waals surface area contributed by atoms with Crippen molar-refractivity contribution >= 4 is 40.4 Å². The van der Waals surface area contributed by atoms with E-state index >= 15 is 0 Å². The molecule has 1 aliphatic rings. The first-order valence-electron chi connectivity index (χ1n) is 7.05. The minimum Gasteiger partial charge on any atom is -0.331 e. The van der Waals surface area contributed by atoms with Gasteiger partial charge in [-0.15, -0.1) is 22.9 Å². The van der Waals surface area contributed by atoms with E-state index in [1.165, 1.54) is 40.5 Å². The van der Waals surface area contributed by atoms with Crippen LogP contribution in [0.3, 0.4) is 0 Å². The quantitative estimate of drug-likeness (QED) is 0.716. The van der Waals surface area contributed by atoms with Crippen molar-refractivity contribution in [2.75, 3.05) is 5.88 Å². The Morgan fingerprint density at radius 2 is 2.00 bits per heavy atom. The fourth-order valence-electron chi connectivity index (χ4n) is 2.24. The SMILES string of the molecule is O=C(CCl)N(Cc1ccns1)Cc1ccc(CC2CC2)s1. The summed E-state index contributed by atoms with van der Waals surface area (Å²) in [6.07, 6.45) is 5.70. The van der Waals surface area contributed by atoms with Crippen LogP contribution in [0.1, 0.15) is 27.5 Å². The third-order valence-electron chi connectivity index (χ3n) is 3.56. The smallest absolute Gasteiger partial charge is 0.238 e. The Bertz CT molecular complexity index is 593. The summed E-state index contributed by atoms with van der Waals surface area (Å²) in [6.45, 7) is 1.23. The van der Waals surface area contributed by atoms with Crippen LogP contribution in [0.2, 0.25) is 0 Å². The Labute approximate surface area is 137 Å². The van der Waals surface area contributed by atoms with Crippen molar-refractivity contribution in [3.05, 3.63) is 39.0 Å². The van der Waals surface area contributed by atoms with Crippen LogP contribution in [0.5, 0.6) is 0 Å². The van der Waals surface area contributed by atoms with Crippen molar-refractivity contribution in [1.82, 2.24) is 9.27 Å². The highest BCUT2D eigenvalue weighted by molar-refractivity contribution is 7.12. The fourth-order valence-corrected chi connectivity index (χ4v) is 4.15. The zero-order chi connectivity index (χ0) is 14.7. The van der Waals surface area contributed by atoms with E-state index in [1.807, 2.05) is 22.3 Å². The van der Waals surface area contributed by atoms with Crippen molar-refractivity contribution in [3.8, 4) is 0 Å². The Hall–Kier alpha value is -0.910. The molecule has 0 unspecified atom stereocenters. The largest absolute Gasteiger partial charge is 0.331 e. The summed E-state index contributed by atoms with van der Waals surface area (Å²) in [5.74, 6) is 0.899. The summed E-state index contributed by atoms with van der Waals surface area (Å²) in [5, 5.41) is 0. The molecule has 0 aliphatic heterocycles. The first-order chi connectivity index (χ1) is 10.2. The molecule has 112 valence electrons. The van der Waals surface area contributed by atoms with Crippen LogP contribution in [0.4, 0.5) is 0 Å². The minimum atomic E-state index is -0.0257. The maximum atomic E-state index is 12.0. The molecule has 0 bridgehead atoms. The monoisotopic (exact) mass is 340 g/mol. The molecule has 3 rings (SSSR count). The highest BCUT2D eigenvalue weighted by atomic mass is 35.5. The van der Waals surface area contributed by atoms with Crippen LogP contribution in [0.15, 0.2) is 24.4 Å². The molecule has 0 atom stereocenters. The van der Waals surface area contributed by atoms with Gasteiger partial charge >= 0.3 is 0 Å². The molecule has 0 N–H and O–H groups in total. The van der Waals surface area contributed by atoms with Gasteiger partial charge in [0.05, 0.1) is 13.1 Å². The predicted molar refractivity (Wildman–Crippen MR) is 87.8 cm³/mol. The Kier molecular flexibility index (Phi) is 4.93. The van der Waals surface area contributed by atoms with Crippen molar-refractivity contribution < 1.29 is 4.79 Å². The number of amides is 1. The normalized spacial score (nSPS) is 14.3. The first-order valence-corrected chi connectivity index (χ1v) is 9.18. The van der Waals surface area contributed by atoms with Gasteiger partial charge in [0.1, 0.15) is 5.88 Å². The molecule has 21 heavy (non-hydrogen) atoms. The van der Waals surface area contributed by atoms with Gasteiger partial charge in [-0.1, -0.05) is 0 Å². The van der Waals surface area contributed by atoms with Gasteiger partial charge in [-0.05, 0) is 54.9 Å². The lowest BCUT2D eigenvalue weighted by atomic mass is 10.2. The number of alkyl halides is 1. The maximum Gasteiger partial charge on any atom is 0.238 e. The minimum absolute atomic E-state index is 0.0257. The van der Waals surface area contributed by atoms with Gasteiger partial charge in [0.2, 0.25) is 5.91 Å². The average Bonchev–Trinajstić information content (AvgIpc) is 2.97. The van der Waals surface area contributed by atoms with Crippen LogP contribution in [-0.2, 0) is 24.3 Å². The van der Waals surface area contributed by atoms with Crippen molar-refractivity contribution in [3.63, 3.8) is 0 Å². The lowest BCUT2D eigenvalue weighted by Crippen LogP contribution is -2.30. The average molecular weight is 341 g/mol. The number of nitrogens with zero attached hydrogens (tertiary/aromatic N) is 2. The zero-order valence-electron chi connectivity index (χ0n) is 11.6. The number of rotatable bonds is 7. The van der Waals surface area contributed by atoms with E-state index in [0.717, 1.165) is 10.8 Å². The van der Waals surface area contributed by atoms with Gasteiger partial charge in [-0.25, -0.2) is 4.37 Å². The zero-order valence-corrected chi connectivity index (χ0v) is 14.0. The number of hydrogen-bond acceptors (Lipinski definition) is 4. The second-order valence-electron chi connectivity index (χ2n) is 5.38. The molecule has 3 nitrogen and oxygen atoms in total. The van der Waals surface area contributed by atoms with Gasteiger partial charge in [0, 0.05) is 20.8 Å². The molecule has 1 aliphatic carbocycles. The van der Waals surface area contributed by atoms with Gasteiger partial charge in [-0.2, -0.15) is 0 Å². The summed E-state index contributed by atoms with van der Waals surface area (Å²) in [5.41, 5.74) is 0. The molecule has 0 saturated heterocycles. The second-order valence-corrected chi connectivity index (χ2v) is 7.82. The number of hydrogen-bond donors (Lipinski definition) is 0. The van der Waals surface area contributed by atoms with E-state index in [1.54, 1.807) is 6.20 Å². The van der Waals surface area contributed by atoms with Gasteiger partial charge in [0.15, 0.2) is 0 Å². The van der Waals surface area contributed by atoms with Crippen LogP contribution >= 0.6 is 34.5 Å². The highest BCUT2D eigenvalue weighted by Crippen LogP contribution is 2.34. The van der Waals surface area contributed by atoms with Crippen molar-refractivity contribution in [2.45, 2.75) is 32.4 Å². The lowest BCUT2D eigenvalue weighted by molar-refractivity contribution is -0.129. The molecule has 0 radical (unpaired) electrons. The Balaban J connectivity index is 1.65. The topological polar surface area (TPSA) is 33.2 Å². The number of carbonyl (C=O) groups excluding carboxylic acids is 1. The number of thiophene rings is 1. The number of aromatic nitrogens is 1. The second kappa shape index (κ2) is 6.90. The van der Waals surface area contributed by atoms with E-state index in [4.69, 9.17) is 11.6 Å². The summed E-state index contributed by atoms with van der Waals surface area (Å²) in [6, 6.07) is 6.30. The number of halogens is 1. The third-order valence-corrected chi connectivity index (χ3v) is 5.60. The molecular formula is C15H17ClN2OS2. The molecule has 0 aromatic carbocycles. The van der Waals surface area contributed by atoms with Crippen molar-refractivity contribution in [2.24, 2.45) is 5.92 Å². The molecule has 2 aromatic heterocycles. The van der Waals surface area contributed by atoms with E-state index < -0.39 is 0 Å². The van der Waals surface area contributed by atoms with Crippen molar-refractivity contribution in [1.29, 1.82) is 0 Å². The van der Waals surface area contributed by atoms with Crippen LogP contribution in [-0.4, -0.2) is 21.1 Å². The molecule has 1 fully saturated rings. The standard InChI is InChI=1S/C15H17ClN2OS2/c16-8-15(19)18(10-14-5-6-17-21-14)9-13-4-3-12(20-13)7-11-1-2-11/h3-6,11H,1-2,7-10H2. The first kappa shape index (κ1) is 15.0. The third kappa shape index (κ3) is 4.28. The number of carbonyl (C=O) groups is 1. The molecule has 1 saturated carbocycles. The highest BCUT2D eigenvalue weighted by Gasteiger charge is 2.22. The van der Waals surface area contributed by atoms with Gasteiger partial charge < -0.3 is 4.90 Å². The molecule has 1 amide bonds. The molecule has 6 heteroatoms. The summed E-state index contributed by atoms with van der Waals surface area (Å²) >= 11 is 8.98. The maximum absolute atomic E-state index is 12.0. The molecule has 2 heterocycles. The van der Waals surface area contributed by atoms with E-state index in [9.17, 15) is 4.79 Å². The van der Waals surface area contributed by atoms with Gasteiger partial charge in [-0.3, -0.25) is 4.79 Å². The molecule has 2 aromatic rings. The summed E-state index contributed by atoms with van der Waals surface area (Å²) < 4.78 is 4.08. The fraction of sp³-hybridized carbons (Fsp3) is 0.467. The Morgan fingerprint density at radius 1 is 1.24 bits per heavy atom. The van der Waals surface area contributed by atoms with E-state index in [0.29, 0.717) is 13.1 Å². The molecular weight excluding hydrogens is 324 g/mol. The van der Waals surface area contributed by atoms with Gasteiger partial charge in [0.25, 0.3) is 0 Å². The van der Waals surface area contributed by atoms with Crippen LogP contribution < -0.4 is 0 Å². The van der Waals surface area contributed by atoms with Crippen LogP contribution in [0, 0.1) is 5.92 Å². The summed E-state index contributed by atoms with van der Waals surface area (Å²) in [4.78, 5) is 17.6. The Morgan fingerprint density at radius 3 is 2.67 bits per heavy atom. The lowest BCUT2D eigenvalue weighted by Gasteiger charge is -2.20. The summed E-state index contributed by atoms with van der Waals surface area (Å²) in [7, 11) is 0.